The van der Waals surface area contributed by atoms with Crippen LogP contribution in [0, 0.1) is 10.1 Å². The molecule has 0 aliphatic carbocycles. The number of nitrogens with zero attached hydrogens (tertiary/aromatic N) is 2. The normalized spacial score (nSPS) is 19.7. The van der Waals surface area contributed by atoms with Gasteiger partial charge in [0.2, 0.25) is 0 Å². The molecule has 0 aromatic heterocycles. The molecule has 0 saturated carbocycles. The maximum atomic E-state index is 12.5. The third-order valence-electron chi connectivity index (χ3n) is 4.52. The van der Waals surface area contributed by atoms with Gasteiger partial charge in [-0.2, -0.15) is 0 Å². The van der Waals surface area contributed by atoms with Crippen LogP contribution in [-0.2, 0) is 11.2 Å². The summed E-state index contributed by atoms with van der Waals surface area (Å²) in [5.41, 5.74) is 0.603. The summed E-state index contributed by atoms with van der Waals surface area (Å²) in [6, 6.07) is 6.81. The third kappa shape index (κ3) is 8.76. The van der Waals surface area contributed by atoms with Gasteiger partial charge in [0, 0.05) is 64.0 Å². The summed E-state index contributed by atoms with van der Waals surface area (Å²) in [6.07, 6.45) is 0.438. The Morgan fingerprint density at radius 1 is 1.14 bits per heavy atom. The van der Waals surface area contributed by atoms with Crippen molar-refractivity contribution in [2.75, 3.05) is 45.8 Å². The number of non-ortho nitro benzene ring substituents is 1. The zero-order valence-electron chi connectivity index (χ0n) is 17.6. The number of nitro benzene ring substituents is 1. The van der Waals surface area contributed by atoms with Gasteiger partial charge < -0.3 is 25.6 Å². The Morgan fingerprint density at radius 3 is 2.45 bits per heavy atom. The highest BCUT2D eigenvalue weighted by atomic mass is 16.6. The molecule has 1 aliphatic heterocycles. The minimum atomic E-state index is -0.524. The van der Waals surface area contributed by atoms with E-state index in [0.717, 1.165) is 31.6 Å². The molecule has 1 fully saturated rings. The number of rotatable bonds is 3. The van der Waals surface area contributed by atoms with Crippen molar-refractivity contribution in [2.45, 2.75) is 38.8 Å². The number of carbonyl (C=O) groups is 1. The summed E-state index contributed by atoms with van der Waals surface area (Å²) in [5, 5.41) is 21.1. The first-order chi connectivity index (χ1) is 13.7. The Bertz CT molecular complexity index is 660. The van der Waals surface area contributed by atoms with Gasteiger partial charge in [0.15, 0.2) is 0 Å². The van der Waals surface area contributed by atoms with Crippen molar-refractivity contribution in [1.82, 2.24) is 20.9 Å². The van der Waals surface area contributed by atoms with E-state index in [4.69, 9.17) is 4.74 Å². The molecule has 3 N–H and O–H groups in total. The lowest BCUT2D eigenvalue weighted by Gasteiger charge is -2.29. The van der Waals surface area contributed by atoms with E-state index in [1.54, 1.807) is 17.0 Å². The van der Waals surface area contributed by atoms with Gasteiger partial charge in [-0.1, -0.05) is 12.1 Å². The van der Waals surface area contributed by atoms with E-state index < -0.39 is 10.5 Å². The van der Waals surface area contributed by atoms with Gasteiger partial charge in [0.1, 0.15) is 5.60 Å². The standard InChI is InChI=1S/C20H33N5O4/c1-20(2,3)29-19(26)24-12-10-21-8-9-22-15-17(23-11-13-24)14-16-4-6-18(7-5-16)25(27)28/h4-7,17,21-23H,8-15H2,1-3H3. The SMILES string of the molecule is CC(C)(C)OC(=O)N1CCNCCNCC(Cc2ccc([N+](=O)[O-])cc2)NCC1. The fraction of sp³-hybridized carbons (Fsp3) is 0.650. The van der Waals surface area contributed by atoms with Crippen LogP contribution < -0.4 is 16.0 Å². The molecular weight excluding hydrogens is 374 g/mol. The highest BCUT2D eigenvalue weighted by molar-refractivity contribution is 5.68. The van der Waals surface area contributed by atoms with Crippen LogP contribution in [0.5, 0.6) is 0 Å². The van der Waals surface area contributed by atoms with Crippen LogP contribution in [0.1, 0.15) is 26.3 Å². The predicted molar refractivity (Wildman–Crippen MR) is 112 cm³/mol. The van der Waals surface area contributed by atoms with Gasteiger partial charge in [0.25, 0.3) is 5.69 Å². The van der Waals surface area contributed by atoms with Gasteiger partial charge in [0.05, 0.1) is 4.92 Å². The van der Waals surface area contributed by atoms with Crippen molar-refractivity contribution < 1.29 is 14.5 Å². The molecule has 9 heteroatoms. The van der Waals surface area contributed by atoms with E-state index in [9.17, 15) is 14.9 Å². The largest absolute Gasteiger partial charge is 0.444 e. The summed E-state index contributed by atoms with van der Waals surface area (Å²) in [6.45, 7) is 10.5. The Morgan fingerprint density at radius 2 is 1.79 bits per heavy atom. The average molecular weight is 408 g/mol. The van der Waals surface area contributed by atoms with Crippen LogP contribution in [0.2, 0.25) is 0 Å². The lowest BCUT2D eigenvalue weighted by Crippen LogP contribution is -2.49. The number of nitrogens with one attached hydrogen (secondary N) is 3. The van der Waals surface area contributed by atoms with Crippen LogP contribution in [0.25, 0.3) is 0 Å². The monoisotopic (exact) mass is 407 g/mol. The smallest absolute Gasteiger partial charge is 0.410 e. The molecular formula is C20H33N5O4. The van der Waals surface area contributed by atoms with Crippen molar-refractivity contribution in [3.63, 3.8) is 0 Å². The van der Waals surface area contributed by atoms with Crippen molar-refractivity contribution in [3.8, 4) is 0 Å². The minimum absolute atomic E-state index is 0.0950. The maximum absolute atomic E-state index is 12.5. The topological polar surface area (TPSA) is 109 Å². The lowest BCUT2D eigenvalue weighted by molar-refractivity contribution is -0.384. The molecule has 9 nitrogen and oxygen atoms in total. The first-order valence-electron chi connectivity index (χ1n) is 10.1. The molecule has 1 aliphatic rings. The molecule has 1 aromatic rings. The van der Waals surface area contributed by atoms with Crippen LogP contribution in [0.4, 0.5) is 10.5 Å². The fourth-order valence-electron chi connectivity index (χ4n) is 3.07. The Labute approximate surface area is 172 Å². The van der Waals surface area contributed by atoms with Crippen LogP contribution in [0.3, 0.4) is 0 Å². The number of hydrogen-bond donors (Lipinski definition) is 3. The van der Waals surface area contributed by atoms with E-state index in [2.05, 4.69) is 16.0 Å². The molecule has 1 aromatic carbocycles. The number of hydrogen-bond acceptors (Lipinski definition) is 7. The van der Waals surface area contributed by atoms with E-state index in [-0.39, 0.29) is 17.8 Å². The van der Waals surface area contributed by atoms with Crippen molar-refractivity contribution in [3.05, 3.63) is 39.9 Å². The number of ether oxygens (including phenoxy) is 1. The molecule has 0 spiro atoms. The summed E-state index contributed by atoms with van der Waals surface area (Å²) in [4.78, 5) is 24.6. The first-order valence-corrected chi connectivity index (χ1v) is 10.1. The van der Waals surface area contributed by atoms with Crippen LogP contribution in [0.15, 0.2) is 24.3 Å². The molecule has 1 saturated heterocycles. The van der Waals surface area contributed by atoms with Gasteiger partial charge in [-0.05, 0) is 32.8 Å². The number of amides is 1. The number of carbonyl (C=O) groups excluding carboxylic acids is 1. The second kappa shape index (κ2) is 11.1. The van der Waals surface area contributed by atoms with E-state index in [1.807, 2.05) is 20.8 Å². The Hall–Kier alpha value is -2.23. The predicted octanol–water partition coefficient (Wildman–Crippen LogP) is 1.53. The second-order valence-electron chi connectivity index (χ2n) is 8.20. The van der Waals surface area contributed by atoms with Crippen molar-refractivity contribution in [2.24, 2.45) is 0 Å². The summed E-state index contributed by atoms with van der Waals surface area (Å²) < 4.78 is 5.52. The molecule has 1 atom stereocenters. The second-order valence-corrected chi connectivity index (χ2v) is 8.20. The molecule has 1 amide bonds. The molecule has 0 bridgehead atoms. The van der Waals surface area contributed by atoms with Crippen molar-refractivity contribution >= 4 is 11.8 Å². The van der Waals surface area contributed by atoms with Gasteiger partial charge in [-0.25, -0.2) is 4.79 Å². The van der Waals surface area contributed by atoms with E-state index in [1.165, 1.54) is 12.1 Å². The highest BCUT2D eigenvalue weighted by Crippen LogP contribution is 2.13. The summed E-state index contributed by atoms with van der Waals surface area (Å²) >= 11 is 0. The zero-order valence-corrected chi connectivity index (χ0v) is 17.6. The molecule has 1 unspecified atom stereocenters. The Kier molecular flexibility index (Phi) is 8.81. The molecule has 29 heavy (non-hydrogen) atoms. The minimum Gasteiger partial charge on any atom is -0.444 e. The highest BCUT2D eigenvalue weighted by Gasteiger charge is 2.22. The number of nitro groups is 1. The average Bonchev–Trinajstić information content (AvgIpc) is 2.62. The van der Waals surface area contributed by atoms with Crippen molar-refractivity contribution in [1.29, 1.82) is 0 Å². The zero-order chi connectivity index (χ0) is 21.3. The first kappa shape index (κ1) is 23.1. The van der Waals surface area contributed by atoms with E-state index in [0.29, 0.717) is 26.2 Å². The van der Waals surface area contributed by atoms with Gasteiger partial charge in [-0.3, -0.25) is 10.1 Å². The van der Waals surface area contributed by atoms with Gasteiger partial charge in [-0.15, -0.1) is 0 Å². The quantitative estimate of drug-likeness (QED) is 0.515. The third-order valence-corrected chi connectivity index (χ3v) is 4.52. The van der Waals surface area contributed by atoms with Gasteiger partial charge >= 0.3 is 6.09 Å². The van der Waals surface area contributed by atoms with E-state index >= 15 is 0 Å². The molecule has 162 valence electrons. The summed E-state index contributed by atoms with van der Waals surface area (Å²) in [7, 11) is 0. The molecule has 0 radical (unpaired) electrons. The summed E-state index contributed by atoms with van der Waals surface area (Å²) in [5.74, 6) is 0. The van der Waals surface area contributed by atoms with Crippen LogP contribution >= 0.6 is 0 Å². The van der Waals surface area contributed by atoms with Crippen LogP contribution in [-0.4, -0.2) is 73.4 Å². The Balaban J connectivity index is 1.96. The molecule has 2 rings (SSSR count). The lowest BCUT2D eigenvalue weighted by atomic mass is 10.1. The fourth-order valence-corrected chi connectivity index (χ4v) is 3.07. The molecule has 1 heterocycles. The number of benzene rings is 1. The maximum Gasteiger partial charge on any atom is 0.410 e.